The van der Waals surface area contributed by atoms with Crippen molar-refractivity contribution < 1.29 is 27.8 Å². The van der Waals surface area contributed by atoms with Crippen LogP contribution in [0.2, 0.25) is 0 Å². The van der Waals surface area contributed by atoms with E-state index in [0.717, 1.165) is 11.6 Å². The molecule has 1 aromatic heterocycles. The summed E-state index contributed by atoms with van der Waals surface area (Å²) < 4.78 is 44.4. The number of phenolic OH excluding ortho intramolecular Hbond substituents is 2. The second-order valence-corrected chi connectivity index (χ2v) is 6.28. The lowest BCUT2D eigenvalue weighted by Crippen LogP contribution is -2.22. The third kappa shape index (κ3) is 5.27. The second-order valence-electron chi connectivity index (χ2n) is 6.28. The second kappa shape index (κ2) is 7.75. The Morgan fingerprint density at radius 2 is 1.52 bits per heavy atom. The Morgan fingerprint density at radius 3 is 2.15 bits per heavy atom. The SMILES string of the molecule is Oc1ccc(CN(Cc2cc(O)cc(C(F)(F)F)c2)Cc2ccco2)cc1. The summed E-state index contributed by atoms with van der Waals surface area (Å²) in [4.78, 5) is 1.89. The van der Waals surface area contributed by atoms with Gasteiger partial charge in [0, 0.05) is 13.1 Å². The first-order valence-corrected chi connectivity index (χ1v) is 8.22. The fraction of sp³-hybridized carbons (Fsp3) is 0.200. The summed E-state index contributed by atoms with van der Waals surface area (Å²) in [6.45, 7) is 0.988. The maximum absolute atomic E-state index is 13.0. The van der Waals surface area contributed by atoms with Crippen LogP contribution in [0.15, 0.2) is 65.3 Å². The van der Waals surface area contributed by atoms with E-state index in [2.05, 4.69) is 0 Å². The summed E-state index contributed by atoms with van der Waals surface area (Å²) in [5.41, 5.74) is 0.336. The van der Waals surface area contributed by atoms with Gasteiger partial charge in [-0.3, -0.25) is 4.90 Å². The van der Waals surface area contributed by atoms with E-state index in [1.165, 1.54) is 12.3 Å². The average Bonchev–Trinajstić information content (AvgIpc) is 3.08. The van der Waals surface area contributed by atoms with E-state index in [-0.39, 0.29) is 12.3 Å². The molecule has 0 aliphatic carbocycles. The summed E-state index contributed by atoms with van der Waals surface area (Å²) in [5.74, 6) is 0.381. The van der Waals surface area contributed by atoms with Crippen molar-refractivity contribution >= 4 is 0 Å². The van der Waals surface area contributed by atoms with Crippen molar-refractivity contribution in [1.82, 2.24) is 4.90 Å². The van der Waals surface area contributed by atoms with Gasteiger partial charge in [-0.2, -0.15) is 13.2 Å². The molecule has 0 atom stereocenters. The number of aromatic hydroxyl groups is 2. The highest BCUT2D eigenvalue weighted by molar-refractivity contribution is 5.35. The van der Waals surface area contributed by atoms with E-state index < -0.39 is 17.5 Å². The lowest BCUT2D eigenvalue weighted by molar-refractivity contribution is -0.137. The van der Waals surface area contributed by atoms with E-state index in [4.69, 9.17) is 4.42 Å². The molecule has 7 heteroatoms. The largest absolute Gasteiger partial charge is 0.508 e. The molecule has 0 aliphatic rings. The zero-order valence-corrected chi connectivity index (χ0v) is 14.3. The third-order valence-corrected chi connectivity index (χ3v) is 4.01. The van der Waals surface area contributed by atoms with Crippen LogP contribution in [0, 0.1) is 0 Å². The van der Waals surface area contributed by atoms with Gasteiger partial charge in [-0.25, -0.2) is 0 Å². The minimum absolute atomic E-state index is 0.138. The Bertz CT molecular complexity index is 874. The summed E-state index contributed by atoms with van der Waals surface area (Å²) in [6.07, 6.45) is -3.00. The summed E-state index contributed by atoms with van der Waals surface area (Å²) >= 11 is 0. The molecule has 3 aromatic rings. The Labute approximate surface area is 154 Å². The predicted octanol–water partition coefficient (Wildman–Crippen LogP) is 4.91. The Morgan fingerprint density at radius 1 is 0.815 bits per heavy atom. The maximum atomic E-state index is 13.0. The number of alkyl halides is 3. The van der Waals surface area contributed by atoms with Gasteiger partial charge in [0.15, 0.2) is 0 Å². The molecule has 0 radical (unpaired) electrons. The monoisotopic (exact) mass is 377 g/mol. The molecule has 0 amide bonds. The van der Waals surface area contributed by atoms with Gasteiger partial charge < -0.3 is 14.6 Å². The number of hydrogen-bond acceptors (Lipinski definition) is 4. The van der Waals surface area contributed by atoms with Gasteiger partial charge in [-0.05, 0) is 53.6 Å². The summed E-state index contributed by atoms with van der Waals surface area (Å²) in [5, 5.41) is 19.1. The van der Waals surface area contributed by atoms with Crippen LogP contribution in [0.1, 0.15) is 22.5 Å². The number of hydrogen-bond donors (Lipinski definition) is 2. The lowest BCUT2D eigenvalue weighted by atomic mass is 10.1. The van der Waals surface area contributed by atoms with E-state index in [1.54, 1.807) is 36.4 Å². The number of rotatable bonds is 6. The lowest BCUT2D eigenvalue weighted by Gasteiger charge is -2.22. The number of nitrogens with zero attached hydrogens (tertiary/aromatic N) is 1. The number of furan rings is 1. The predicted molar refractivity (Wildman–Crippen MR) is 92.9 cm³/mol. The van der Waals surface area contributed by atoms with E-state index in [9.17, 15) is 23.4 Å². The molecule has 142 valence electrons. The van der Waals surface area contributed by atoms with Crippen LogP contribution in [0.4, 0.5) is 13.2 Å². The molecule has 0 fully saturated rings. The first-order chi connectivity index (χ1) is 12.8. The molecular weight excluding hydrogens is 359 g/mol. The third-order valence-electron chi connectivity index (χ3n) is 4.01. The Hall–Kier alpha value is -2.93. The van der Waals surface area contributed by atoms with Crippen molar-refractivity contribution in [2.45, 2.75) is 25.8 Å². The van der Waals surface area contributed by atoms with Gasteiger partial charge in [0.25, 0.3) is 0 Å². The number of benzene rings is 2. The van der Waals surface area contributed by atoms with Gasteiger partial charge in [-0.15, -0.1) is 0 Å². The van der Waals surface area contributed by atoms with Gasteiger partial charge >= 0.3 is 6.18 Å². The topological polar surface area (TPSA) is 56.8 Å². The first-order valence-electron chi connectivity index (χ1n) is 8.22. The van der Waals surface area contributed by atoms with E-state index in [0.29, 0.717) is 30.5 Å². The molecule has 2 N–H and O–H groups in total. The minimum Gasteiger partial charge on any atom is -0.508 e. The fourth-order valence-electron chi connectivity index (χ4n) is 2.84. The van der Waals surface area contributed by atoms with Crippen molar-refractivity contribution in [3.63, 3.8) is 0 Å². The van der Waals surface area contributed by atoms with Crippen LogP contribution in [0.25, 0.3) is 0 Å². The van der Waals surface area contributed by atoms with Crippen molar-refractivity contribution in [3.05, 3.63) is 83.3 Å². The molecule has 0 bridgehead atoms. The quantitative estimate of drug-likeness (QED) is 0.641. The van der Waals surface area contributed by atoms with Crippen molar-refractivity contribution in [2.75, 3.05) is 0 Å². The smallest absolute Gasteiger partial charge is 0.416 e. The van der Waals surface area contributed by atoms with E-state index in [1.807, 2.05) is 4.90 Å². The summed E-state index contributed by atoms with van der Waals surface area (Å²) in [7, 11) is 0. The van der Waals surface area contributed by atoms with Gasteiger partial charge in [0.05, 0.1) is 18.4 Å². The van der Waals surface area contributed by atoms with Crippen LogP contribution >= 0.6 is 0 Å². The molecule has 0 saturated heterocycles. The number of halogens is 3. The number of phenols is 2. The molecule has 0 spiro atoms. The fourth-order valence-corrected chi connectivity index (χ4v) is 2.84. The normalized spacial score (nSPS) is 11.9. The molecule has 3 rings (SSSR count). The highest BCUT2D eigenvalue weighted by atomic mass is 19.4. The standard InChI is InChI=1S/C20H18F3NO3/c21-20(22,23)16-8-15(9-18(26)10-16)12-24(13-19-2-1-7-27-19)11-14-3-5-17(25)6-4-14/h1-10,25-26H,11-13H2. The van der Waals surface area contributed by atoms with Crippen LogP contribution in [-0.4, -0.2) is 15.1 Å². The molecular formula is C20H18F3NO3. The molecule has 1 heterocycles. The zero-order chi connectivity index (χ0) is 19.4. The van der Waals surface area contributed by atoms with Crippen LogP contribution in [0.3, 0.4) is 0 Å². The van der Waals surface area contributed by atoms with Crippen LogP contribution < -0.4 is 0 Å². The molecule has 4 nitrogen and oxygen atoms in total. The summed E-state index contributed by atoms with van der Waals surface area (Å²) in [6, 6.07) is 13.2. The van der Waals surface area contributed by atoms with Gasteiger partial charge in [0.2, 0.25) is 0 Å². The average molecular weight is 377 g/mol. The zero-order valence-electron chi connectivity index (χ0n) is 14.3. The first kappa shape index (κ1) is 18.8. The highest BCUT2D eigenvalue weighted by Gasteiger charge is 2.31. The minimum atomic E-state index is -4.53. The van der Waals surface area contributed by atoms with Crippen molar-refractivity contribution in [1.29, 1.82) is 0 Å². The molecule has 0 unspecified atom stereocenters. The molecule has 27 heavy (non-hydrogen) atoms. The van der Waals surface area contributed by atoms with E-state index >= 15 is 0 Å². The van der Waals surface area contributed by atoms with Gasteiger partial charge in [-0.1, -0.05) is 12.1 Å². The van der Waals surface area contributed by atoms with Gasteiger partial charge in [0.1, 0.15) is 17.3 Å². The Kier molecular flexibility index (Phi) is 5.41. The van der Waals surface area contributed by atoms with Crippen LogP contribution in [-0.2, 0) is 25.8 Å². The molecule has 2 aromatic carbocycles. The highest BCUT2D eigenvalue weighted by Crippen LogP contribution is 2.32. The Balaban J connectivity index is 1.84. The van der Waals surface area contributed by atoms with Crippen molar-refractivity contribution in [3.8, 4) is 11.5 Å². The molecule has 0 saturated carbocycles. The molecule has 0 aliphatic heterocycles. The van der Waals surface area contributed by atoms with Crippen molar-refractivity contribution in [2.24, 2.45) is 0 Å². The maximum Gasteiger partial charge on any atom is 0.416 e. The van der Waals surface area contributed by atoms with Crippen LogP contribution in [0.5, 0.6) is 11.5 Å².